The molecule has 0 aliphatic rings. The third-order valence-electron chi connectivity index (χ3n) is 2.66. The Balaban J connectivity index is 2.91. The third kappa shape index (κ3) is 3.44. The number of hydrogen-bond acceptors (Lipinski definition) is 2. The highest BCUT2D eigenvalue weighted by atomic mass is 19.1. The predicted molar refractivity (Wildman–Crippen MR) is 56.9 cm³/mol. The summed E-state index contributed by atoms with van der Waals surface area (Å²) in [6, 6.07) is 1.12. The Kier molecular flexibility index (Phi) is 4.96. The van der Waals surface area contributed by atoms with Gasteiger partial charge in [-0.15, -0.1) is 0 Å². The van der Waals surface area contributed by atoms with Crippen molar-refractivity contribution in [2.45, 2.75) is 19.4 Å². The van der Waals surface area contributed by atoms with Gasteiger partial charge in [-0.25, -0.2) is 13.2 Å². The molecule has 5 heteroatoms. The maximum atomic E-state index is 13.4. The molecule has 0 amide bonds. The number of aliphatic hydroxyl groups excluding tert-OH is 1. The van der Waals surface area contributed by atoms with E-state index in [1.165, 1.54) is 7.11 Å². The summed E-state index contributed by atoms with van der Waals surface area (Å²) in [7, 11) is 1.50. The highest BCUT2D eigenvalue weighted by Crippen LogP contribution is 2.29. The Bertz CT molecular complexity index is 359. The summed E-state index contributed by atoms with van der Waals surface area (Å²) < 4.78 is 44.3. The first kappa shape index (κ1) is 14.0. The quantitative estimate of drug-likeness (QED) is 0.868. The first-order valence-corrected chi connectivity index (χ1v) is 5.28. The van der Waals surface area contributed by atoms with Gasteiger partial charge in [-0.1, -0.05) is 6.92 Å². The molecule has 0 aliphatic heterocycles. The number of ether oxygens (including phenoxy) is 1. The summed E-state index contributed by atoms with van der Waals surface area (Å²) in [5.74, 6) is -3.52. The van der Waals surface area contributed by atoms with Gasteiger partial charge in [0.05, 0.1) is 11.7 Å². The number of benzene rings is 1. The number of halogens is 3. The van der Waals surface area contributed by atoms with Crippen LogP contribution in [0.5, 0.6) is 0 Å². The summed E-state index contributed by atoms with van der Waals surface area (Å²) in [6.07, 6.45) is -0.862. The van der Waals surface area contributed by atoms with Gasteiger partial charge in [0.2, 0.25) is 0 Å². The molecule has 2 unspecified atom stereocenters. The highest BCUT2D eigenvalue weighted by molar-refractivity contribution is 5.23. The Labute approximate surface area is 98.0 Å². The van der Waals surface area contributed by atoms with E-state index in [9.17, 15) is 18.3 Å². The Morgan fingerprint density at radius 1 is 1.24 bits per heavy atom. The van der Waals surface area contributed by atoms with E-state index in [1.807, 2.05) is 0 Å². The Morgan fingerprint density at radius 2 is 1.76 bits per heavy atom. The van der Waals surface area contributed by atoms with Crippen molar-refractivity contribution in [3.8, 4) is 0 Å². The highest BCUT2D eigenvalue weighted by Gasteiger charge is 2.24. The van der Waals surface area contributed by atoms with Gasteiger partial charge in [0, 0.05) is 25.8 Å². The Morgan fingerprint density at radius 3 is 2.24 bits per heavy atom. The molecule has 0 bridgehead atoms. The van der Waals surface area contributed by atoms with E-state index < -0.39 is 29.1 Å². The second kappa shape index (κ2) is 6.02. The molecule has 0 heterocycles. The minimum absolute atomic E-state index is 0.378. The van der Waals surface area contributed by atoms with Crippen LogP contribution in [0, 0.1) is 23.4 Å². The molecule has 2 atom stereocenters. The predicted octanol–water partition coefficient (Wildman–Crippen LogP) is 2.81. The lowest BCUT2D eigenvalue weighted by molar-refractivity contribution is 0.0827. The van der Waals surface area contributed by atoms with Gasteiger partial charge in [-0.2, -0.15) is 0 Å². The van der Waals surface area contributed by atoms with E-state index >= 15 is 0 Å². The fourth-order valence-electron chi connectivity index (χ4n) is 1.58. The average molecular weight is 248 g/mol. The Hall–Kier alpha value is -1.07. The summed E-state index contributed by atoms with van der Waals surface area (Å²) >= 11 is 0. The van der Waals surface area contributed by atoms with E-state index in [-0.39, 0.29) is 5.92 Å². The molecule has 96 valence electrons. The largest absolute Gasteiger partial charge is 0.388 e. The molecule has 1 rings (SSSR count). The van der Waals surface area contributed by atoms with E-state index in [4.69, 9.17) is 4.74 Å². The van der Waals surface area contributed by atoms with Gasteiger partial charge in [-0.05, 0) is 12.3 Å². The number of hydrogen-bond donors (Lipinski definition) is 1. The monoisotopic (exact) mass is 248 g/mol. The molecule has 0 radical (unpaired) electrons. The van der Waals surface area contributed by atoms with Gasteiger partial charge in [0.25, 0.3) is 0 Å². The maximum absolute atomic E-state index is 13.4. The zero-order chi connectivity index (χ0) is 13.0. The van der Waals surface area contributed by atoms with Crippen LogP contribution in [0.4, 0.5) is 13.2 Å². The molecule has 0 saturated carbocycles. The zero-order valence-electron chi connectivity index (χ0n) is 9.71. The molecule has 0 saturated heterocycles. The molecular formula is C12H15F3O2. The second-order valence-corrected chi connectivity index (χ2v) is 3.99. The first-order valence-electron chi connectivity index (χ1n) is 5.28. The fraction of sp³-hybridized carbons (Fsp3) is 0.500. The molecule has 0 aliphatic carbocycles. The summed E-state index contributed by atoms with van der Waals surface area (Å²) in [5, 5.41) is 9.81. The SMILES string of the molecule is COCCC(C)C(O)c1c(F)cc(F)cc1F. The fourth-order valence-corrected chi connectivity index (χ4v) is 1.58. The molecular weight excluding hydrogens is 233 g/mol. The van der Waals surface area contributed by atoms with Crippen molar-refractivity contribution in [3.63, 3.8) is 0 Å². The minimum Gasteiger partial charge on any atom is -0.388 e. The lowest BCUT2D eigenvalue weighted by Crippen LogP contribution is -2.15. The van der Waals surface area contributed by atoms with Gasteiger partial charge in [0.15, 0.2) is 0 Å². The van der Waals surface area contributed by atoms with Gasteiger partial charge < -0.3 is 9.84 Å². The number of rotatable bonds is 5. The van der Waals surface area contributed by atoms with Crippen molar-refractivity contribution in [1.29, 1.82) is 0 Å². The number of aliphatic hydroxyl groups is 1. The van der Waals surface area contributed by atoms with Gasteiger partial charge in [-0.3, -0.25) is 0 Å². The van der Waals surface area contributed by atoms with Gasteiger partial charge >= 0.3 is 0 Å². The van der Waals surface area contributed by atoms with E-state index in [0.717, 1.165) is 0 Å². The third-order valence-corrected chi connectivity index (χ3v) is 2.66. The molecule has 1 aromatic carbocycles. The van der Waals surface area contributed by atoms with E-state index in [0.29, 0.717) is 25.2 Å². The van der Waals surface area contributed by atoms with Crippen LogP contribution in [0.15, 0.2) is 12.1 Å². The normalized spacial score (nSPS) is 14.7. The molecule has 2 nitrogen and oxygen atoms in total. The maximum Gasteiger partial charge on any atom is 0.134 e. The molecule has 1 aromatic rings. The average Bonchev–Trinajstić information content (AvgIpc) is 2.24. The summed E-state index contributed by atoms with van der Waals surface area (Å²) in [5.41, 5.74) is -0.491. The van der Waals surface area contributed by atoms with Crippen molar-refractivity contribution < 1.29 is 23.0 Å². The van der Waals surface area contributed by atoms with Crippen LogP contribution < -0.4 is 0 Å². The van der Waals surface area contributed by atoms with Crippen LogP contribution >= 0.6 is 0 Å². The summed E-state index contributed by atoms with van der Waals surface area (Å²) in [4.78, 5) is 0. The van der Waals surface area contributed by atoms with Crippen LogP contribution in [0.1, 0.15) is 25.0 Å². The van der Waals surface area contributed by atoms with Crippen LogP contribution in [0.2, 0.25) is 0 Å². The standard InChI is InChI=1S/C12H15F3O2/c1-7(3-4-17-2)12(16)11-9(14)5-8(13)6-10(11)15/h5-7,12,16H,3-4H2,1-2H3. The molecule has 0 fully saturated rings. The van der Waals surface area contributed by atoms with Crippen molar-refractivity contribution >= 4 is 0 Å². The molecule has 0 aromatic heterocycles. The van der Waals surface area contributed by atoms with E-state index in [1.54, 1.807) is 6.92 Å². The smallest absolute Gasteiger partial charge is 0.134 e. The topological polar surface area (TPSA) is 29.5 Å². The van der Waals surface area contributed by atoms with Crippen molar-refractivity contribution in [1.82, 2.24) is 0 Å². The minimum atomic E-state index is -1.31. The first-order chi connectivity index (χ1) is 7.97. The van der Waals surface area contributed by atoms with Crippen molar-refractivity contribution in [2.75, 3.05) is 13.7 Å². The molecule has 17 heavy (non-hydrogen) atoms. The van der Waals surface area contributed by atoms with Crippen LogP contribution in [-0.2, 0) is 4.74 Å². The lowest BCUT2D eigenvalue weighted by atomic mass is 9.94. The zero-order valence-corrected chi connectivity index (χ0v) is 9.71. The number of methoxy groups -OCH3 is 1. The lowest BCUT2D eigenvalue weighted by Gasteiger charge is -2.19. The van der Waals surface area contributed by atoms with Crippen molar-refractivity contribution in [3.05, 3.63) is 35.1 Å². The van der Waals surface area contributed by atoms with Crippen molar-refractivity contribution in [2.24, 2.45) is 5.92 Å². The van der Waals surface area contributed by atoms with Crippen LogP contribution in [0.25, 0.3) is 0 Å². The molecule has 1 N–H and O–H groups in total. The summed E-state index contributed by atoms with van der Waals surface area (Å²) in [6.45, 7) is 2.02. The second-order valence-electron chi connectivity index (χ2n) is 3.99. The van der Waals surface area contributed by atoms with Crippen LogP contribution in [0.3, 0.4) is 0 Å². The van der Waals surface area contributed by atoms with E-state index in [2.05, 4.69) is 0 Å². The van der Waals surface area contributed by atoms with Gasteiger partial charge in [0.1, 0.15) is 17.5 Å². The molecule has 0 spiro atoms. The van der Waals surface area contributed by atoms with Crippen LogP contribution in [-0.4, -0.2) is 18.8 Å².